The molecule has 0 atom stereocenters. The second-order valence-corrected chi connectivity index (χ2v) is 5.60. The first-order valence-corrected chi connectivity index (χ1v) is 7.01. The Morgan fingerprint density at radius 3 is 3.00 bits per heavy atom. The molecule has 4 nitrogen and oxygen atoms in total. The Morgan fingerprint density at radius 2 is 2.26 bits per heavy atom. The standard InChI is InChI=1S/C14H17BrN2O2/c1-10(2)7-16-8-12-9-18-14(17-12)19-13-5-3-4-11(15)6-13/h3-6,9-10,16H,7-8H2,1-2H3. The molecule has 1 heterocycles. The van der Waals surface area contributed by atoms with Gasteiger partial charge in [0.15, 0.2) is 0 Å². The molecule has 1 aromatic carbocycles. The second kappa shape index (κ2) is 6.73. The van der Waals surface area contributed by atoms with Gasteiger partial charge in [0.1, 0.15) is 12.0 Å². The molecule has 0 saturated heterocycles. The fourth-order valence-corrected chi connectivity index (χ4v) is 1.91. The van der Waals surface area contributed by atoms with Gasteiger partial charge in [-0.25, -0.2) is 0 Å². The maximum atomic E-state index is 5.53. The summed E-state index contributed by atoms with van der Waals surface area (Å²) >= 11 is 3.39. The molecule has 1 aromatic heterocycles. The van der Waals surface area contributed by atoms with Gasteiger partial charge in [0, 0.05) is 11.0 Å². The summed E-state index contributed by atoms with van der Waals surface area (Å²) in [5.74, 6) is 1.31. The third kappa shape index (κ3) is 4.69. The van der Waals surface area contributed by atoms with E-state index in [0.29, 0.717) is 18.2 Å². The van der Waals surface area contributed by atoms with Crippen molar-refractivity contribution in [3.63, 3.8) is 0 Å². The Balaban J connectivity index is 1.90. The van der Waals surface area contributed by atoms with E-state index in [0.717, 1.165) is 16.7 Å². The third-order valence-corrected chi connectivity index (χ3v) is 2.88. The lowest BCUT2D eigenvalue weighted by Crippen LogP contribution is -2.19. The molecule has 2 rings (SSSR count). The lowest BCUT2D eigenvalue weighted by atomic mass is 10.2. The van der Waals surface area contributed by atoms with Crippen LogP contribution in [0.1, 0.15) is 19.5 Å². The summed E-state index contributed by atoms with van der Waals surface area (Å²) in [5.41, 5.74) is 0.839. The minimum absolute atomic E-state index is 0.263. The van der Waals surface area contributed by atoms with E-state index in [1.165, 1.54) is 0 Å². The van der Waals surface area contributed by atoms with Crippen molar-refractivity contribution >= 4 is 15.9 Å². The molecule has 0 spiro atoms. The molecule has 0 aliphatic heterocycles. The van der Waals surface area contributed by atoms with E-state index in [-0.39, 0.29) is 6.08 Å². The van der Waals surface area contributed by atoms with Crippen molar-refractivity contribution in [1.82, 2.24) is 10.3 Å². The largest absolute Gasteiger partial charge is 0.417 e. The molecule has 0 radical (unpaired) electrons. The number of hydrogen-bond donors (Lipinski definition) is 1. The van der Waals surface area contributed by atoms with Crippen molar-refractivity contribution in [2.45, 2.75) is 20.4 Å². The predicted molar refractivity (Wildman–Crippen MR) is 77.3 cm³/mol. The Bertz CT molecular complexity index is 526. The van der Waals surface area contributed by atoms with E-state index < -0.39 is 0 Å². The molecule has 0 amide bonds. The van der Waals surface area contributed by atoms with Gasteiger partial charge in [-0.15, -0.1) is 0 Å². The molecule has 1 N–H and O–H groups in total. The molecule has 0 bridgehead atoms. The van der Waals surface area contributed by atoms with Crippen molar-refractivity contribution in [3.05, 3.63) is 40.7 Å². The van der Waals surface area contributed by atoms with Gasteiger partial charge in [-0.2, -0.15) is 4.98 Å². The van der Waals surface area contributed by atoms with Gasteiger partial charge in [0.25, 0.3) is 0 Å². The van der Waals surface area contributed by atoms with Crippen LogP contribution in [0.4, 0.5) is 0 Å². The van der Waals surface area contributed by atoms with Crippen LogP contribution in [0.5, 0.6) is 11.8 Å². The highest BCUT2D eigenvalue weighted by atomic mass is 79.9. The summed E-state index contributed by atoms with van der Waals surface area (Å²) in [6.45, 7) is 5.97. The summed E-state index contributed by atoms with van der Waals surface area (Å²) in [4.78, 5) is 4.27. The number of aromatic nitrogens is 1. The van der Waals surface area contributed by atoms with Gasteiger partial charge < -0.3 is 14.5 Å². The van der Waals surface area contributed by atoms with Crippen LogP contribution in [-0.2, 0) is 6.54 Å². The van der Waals surface area contributed by atoms with Gasteiger partial charge >= 0.3 is 6.08 Å². The van der Waals surface area contributed by atoms with E-state index in [9.17, 15) is 0 Å². The van der Waals surface area contributed by atoms with Gasteiger partial charge in [-0.3, -0.25) is 0 Å². The molecule has 2 aromatic rings. The van der Waals surface area contributed by atoms with Crippen LogP contribution in [0, 0.1) is 5.92 Å². The minimum atomic E-state index is 0.263. The maximum absolute atomic E-state index is 5.53. The highest BCUT2D eigenvalue weighted by molar-refractivity contribution is 9.10. The lowest BCUT2D eigenvalue weighted by molar-refractivity contribution is 0.330. The zero-order valence-electron chi connectivity index (χ0n) is 11.0. The first-order valence-electron chi connectivity index (χ1n) is 6.22. The Morgan fingerprint density at radius 1 is 1.42 bits per heavy atom. The number of ether oxygens (including phenoxy) is 1. The molecule has 19 heavy (non-hydrogen) atoms. The summed E-state index contributed by atoms with van der Waals surface area (Å²) in [7, 11) is 0. The molecule has 0 aliphatic carbocycles. The van der Waals surface area contributed by atoms with Crippen molar-refractivity contribution in [2.24, 2.45) is 5.92 Å². The van der Waals surface area contributed by atoms with Crippen molar-refractivity contribution < 1.29 is 9.15 Å². The number of oxazole rings is 1. The van der Waals surface area contributed by atoms with Crippen LogP contribution in [0.25, 0.3) is 0 Å². The monoisotopic (exact) mass is 324 g/mol. The molecule has 0 aliphatic rings. The summed E-state index contributed by atoms with van der Waals surface area (Å²) in [6.07, 6.45) is 1.88. The van der Waals surface area contributed by atoms with Crippen molar-refractivity contribution in [2.75, 3.05) is 6.54 Å². The van der Waals surface area contributed by atoms with Crippen LogP contribution < -0.4 is 10.1 Å². The average Bonchev–Trinajstić information content (AvgIpc) is 2.76. The fourth-order valence-electron chi connectivity index (χ4n) is 1.54. The van der Waals surface area contributed by atoms with Crippen molar-refractivity contribution in [3.8, 4) is 11.8 Å². The van der Waals surface area contributed by atoms with E-state index in [2.05, 4.69) is 40.1 Å². The average molecular weight is 325 g/mol. The van der Waals surface area contributed by atoms with Gasteiger partial charge in [0.05, 0.1) is 5.69 Å². The SMILES string of the molecule is CC(C)CNCc1coc(Oc2cccc(Br)c2)n1. The first-order chi connectivity index (χ1) is 9.13. The van der Waals surface area contributed by atoms with Crippen molar-refractivity contribution in [1.29, 1.82) is 0 Å². The summed E-state index contributed by atoms with van der Waals surface area (Å²) < 4.78 is 11.8. The molecule has 0 saturated carbocycles. The van der Waals surface area contributed by atoms with Crippen LogP contribution in [-0.4, -0.2) is 11.5 Å². The molecule has 102 valence electrons. The lowest BCUT2D eigenvalue weighted by Gasteiger charge is -2.04. The van der Waals surface area contributed by atoms with Crippen LogP contribution in [0.3, 0.4) is 0 Å². The van der Waals surface area contributed by atoms with Gasteiger partial charge in [-0.05, 0) is 30.7 Å². The fraction of sp³-hybridized carbons (Fsp3) is 0.357. The van der Waals surface area contributed by atoms with Crippen LogP contribution in [0.15, 0.2) is 39.4 Å². The molecule has 0 unspecified atom stereocenters. The summed E-state index contributed by atoms with van der Waals surface area (Å²) in [5, 5.41) is 3.30. The number of rotatable bonds is 6. The minimum Gasteiger partial charge on any atom is -0.417 e. The van der Waals surface area contributed by atoms with Crippen LogP contribution >= 0.6 is 15.9 Å². The first kappa shape index (κ1) is 14.1. The zero-order valence-corrected chi connectivity index (χ0v) is 12.6. The third-order valence-electron chi connectivity index (χ3n) is 2.39. The predicted octanol–water partition coefficient (Wildman–Crippen LogP) is 3.98. The van der Waals surface area contributed by atoms with Crippen LogP contribution in [0.2, 0.25) is 0 Å². The Labute approximate surface area is 121 Å². The number of hydrogen-bond acceptors (Lipinski definition) is 4. The number of nitrogens with one attached hydrogen (secondary N) is 1. The van der Waals surface area contributed by atoms with Gasteiger partial charge in [0.2, 0.25) is 0 Å². The Kier molecular flexibility index (Phi) is 4.99. The highest BCUT2D eigenvalue weighted by Crippen LogP contribution is 2.23. The molecular weight excluding hydrogens is 308 g/mol. The zero-order chi connectivity index (χ0) is 13.7. The maximum Gasteiger partial charge on any atom is 0.399 e. The number of nitrogens with zero attached hydrogens (tertiary/aromatic N) is 1. The second-order valence-electron chi connectivity index (χ2n) is 4.69. The number of benzene rings is 1. The topological polar surface area (TPSA) is 47.3 Å². The molecule has 5 heteroatoms. The normalized spacial score (nSPS) is 10.9. The quantitative estimate of drug-likeness (QED) is 0.873. The van der Waals surface area contributed by atoms with E-state index in [1.54, 1.807) is 6.26 Å². The van der Waals surface area contributed by atoms with E-state index in [4.69, 9.17) is 9.15 Å². The molecule has 0 fully saturated rings. The summed E-state index contributed by atoms with van der Waals surface area (Å²) in [6, 6.07) is 7.55. The van der Waals surface area contributed by atoms with Gasteiger partial charge in [-0.1, -0.05) is 35.8 Å². The van der Waals surface area contributed by atoms with E-state index in [1.807, 2.05) is 24.3 Å². The van der Waals surface area contributed by atoms with E-state index >= 15 is 0 Å². The molecular formula is C14H17BrN2O2. The Hall–Kier alpha value is -1.33. The number of halogens is 1. The highest BCUT2D eigenvalue weighted by Gasteiger charge is 2.06. The smallest absolute Gasteiger partial charge is 0.399 e.